The normalized spacial score (nSPS) is 13.7. The highest BCUT2D eigenvalue weighted by Crippen LogP contribution is 2.06. The number of ketones is 2. The van der Waals surface area contributed by atoms with Crippen LogP contribution >= 0.6 is 0 Å². The van der Waals surface area contributed by atoms with Crippen LogP contribution in [0.4, 0.5) is 0 Å². The molecule has 0 amide bonds. The maximum absolute atomic E-state index is 11.7. The lowest BCUT2D eigenvalue weighted by Crippen LogP contribution is -2.34. The van der Waals surface area contributed by atoms with Gasteiger partial charge < -0.3 is 15.2 Å². The number of esters is 2. The van der Waals surface area contributed by atoms with Crippen molar-refractivity contribution in [2.24, 2.45) is 17.6 Å². The van der Waals surface area contributed by atoms with Crippen LogP contribution in [0.2, 0.25) is 0 Å². The molecule has 0 spiro atoms. The molecule has 130 valence electrons. The van der Waals surface area contributed by atoms with E-state index in [4.69, 9.17) is 10.5 Å². The Kier molecular flexibility index (Phi) is 9.73. The monoisotopic (exact) mass is 327 g/mol. The second-order valence-corrected chi connectivity index (χ2v) is 5.55. The van der Waals surface area contributed by atoms with Crippen molar-refractivity contribution in [3.63, 3.8) is 0 Å². The van der Waals surface area contributed by atoms with Gasteiger partial charge in [0.05, 0.1) is 19.1 Å². The van der Waals surface area contributed by atoms with E-state index in [1.807, 2.05) is 0 Å². The third-order valence-electron chi connectivity index (χ3n) is 3.16. The third kappa shape index (κ3) is 8.87. The Labute approximate surface area is 136 Å². The van der Waals surface area contributed by atoms with Crippen molar-refractivity contribution in [1.82, 2.24) is 0 Å². The number of hydrogen-bond donors (Lipinski definition) is 1. The Morgan fingerprint density at radius 3 is 2.22 bits per heavy atom. The van der Waals surface area contributed by atoms with E-state index >= 15 is 0 Å². The molecule has 2 N–H and O–H groups in total. The Hall–Kier alpha value is -2.02. The SMILES string of the molecule is COC(=O)/C=C/C(=O)C(C)COC(=O)CCC(N)C(=O)C(C)C. The van der Waals surface area contributed by atoms with Crippen LogP contribution in [0.5, 0.6) is 0 Å². The van der Waals surface area contributed by atoms with Crippen molar-refractivity contribution in [2.45, 2.75) is 39.7 Å². The van der Waals surface area contributed by atoms with Crippen molar-refractivity contribution in [1.29, 1.82) is 0 Å². The molecule has 0 heterocycles. The molecule has 0 saturated carbocycles. The number of carbonyl (C=O) groups excluding carboxylic acids is 4. The highest BCUT2D eigenvalue weighted by atomic mass is 16.5. The average Bonchev–Trinajstić information content (AvgIpc) is 2.53. The minimum absolute atomic E-state index is 0.0124. The van der Waals surface area contributed by atoms with Crippen LogP contribution in [-0.2, 0) is 28.7 Å². The third-order valence-corrected chi connectivity index (χ3v) is 3.16. The Bertz CT molecular complexity index is 469. The van der Waals surface area contributed by atoms with Gasteiger partial charge in [-0.1, -0.05) is 20.8 Å². The predicted molar refractivity (Wildman–Crippen MR) is 83.3 cm³/mol. The summed E-state index contributed by atoms with van der Waals surface area (Å²) in [7, 11) is 1.21. The maximum atomic E-state index is 11.7. The van der Waals surface area contributed by atoms with Crippen molar-refractivity contribution in [2.75, 3.05) is 13.7 Å². The van der Waals surface area contributed by atoms with E-state index in [0.717, 1.165) is 12.2 Å². The molecule has 0 fully saturated rings. The summed E-state index contributed by atoms with van der Waals surface area (Å²) in [6.45, 7) is 4.97. The van der Waals surface area contributed by atoms with Gasteiger partial charge in [-0.15, -0.1) is 0 Å². The first-order valence-electron chi connectivity index (χ1n) is 7.43. The molecule has 0 radical (unpaired) electrons. The van der Waals surface area contributed by atoms with E-state index in [0.29, 0.717) is 0 Å². The standard InChI is InChI=1S/C16H25NO6/c1-10(2)16(21)12(17)5-7-15(20)23-9-11(3)13(18)6-8-14(19)22-4/h6,8,10-12H,5,7,9,17H2,1-4H3/b8-6+. The van der Waals surface area contributed by atoms with Crippen LogP contribution < -0.4 is 5.73 Å². The number of carbonyl (C=O) groups is 4. The van der Waals surface area contributed by atoms with Gasteiger partial charge in [0, 0.05) is 18.4 Å². The summed E-state index contributed by atoms with van der Waals surface area (Å²) in [6, 6.07) is -0.690. The summed E-state index contributed by atoms with van der Waals surface area (Å²) in [6.07, 6.45) is 2.32. The van der Waals surface area contributed by atoms with Gasteiger partial charge in [0.2, 0.25) is 0 Å². The van der Waals surface area contributed by atoms with Gasteiger partial charge in [0.15, 0.2) is 11.6 Å². The molecule has 0 saturated heterocycles. The van der Waals surface area contributed by atoms with Gasteiger partial charge in [-0.25, -0.2) is 4.79 Å². The van der Waals surface area contributed by atoms with Gasteiger partial charge in [0.1, 0.15) is 6.61 Å². The molecular formula is C16H25NO6. The molecule has 0 rings (SSSR count). The van der Waals surface area contributed by atoms with Crippen LogP contribution in [0.25, 0.3) is 0 Å². The predicted octanol–water partition coefficient (Wildman–Crippen LogP) is 0.797. The summed E-state index contributed by atoms with van der Waals surface area (Å²) in [5, 5.41) is 0. The fourth-order valence-electron chi connectivity index (χ4n) is 1.60. The Morgan fingerprint density at radius 2 is 1.70 bits per heavy atom. The zero-order chi connectivity index (χ0) is 18.0. The highest BCUT2D eigenvalue weighted by molar-refractivity contribution is 5.97. The molecule has 2 atom stereocenters. The molecule has 0 aromatic heterocycles. The van der Waals surface area contributed by atoms with Crippen LogP contribution in [0.1, 0.15) is 33.6 Å². The molecular weight excluding hydrogens is 302 g/mol. The smallest absolute Gasteiger partial charge is 0.330 e. The highest BCUT2D eigenvalue weighted by Gasteiger charge is 2.19. The molecule has 7 heteroatoms. The second kappa shape index (κ2) is 10.7. The number of ether oxygens (including phenoxy) is 2. The summed E-state index contributed by atoms with van der Waals surface area (Å²) < 4.78 is 9.34. The molecule has 23 heavy (non-hydrogen) atoms. The molecule has 7 nitrogen and oxygen atoms in total. The van der Waals surface area contributed by atoms with E-state index in [9.17, 15) is 19.2 Å². The Balaban J connectivity index is 4.14. The maximum Gasteiger partial charge on any atom is 0.330 e. The Morgan fingerprint density at radius 1 is 1.09 bits per heavy atom. The largest absolute Gasteiger partial charge is 0.466 e. The van der Waals surface area contributed by atoms with Gasteiger partial charge in [0.25, 0.3) is 0 Å². The minimum atomic E-state index is -0.690. The van der Waals surface area contributed by atoms with E-state index in [1.54, 1.807) is 20.8 Å². The van der Waals surface area contributed by atoms with Crippen molar-refractivity contribution in [3.8, 4) is 0 Å². The van der Waals surface area contributed by atoms with Gasteiger partial charge in [-0.05, 0) is 12.5 Å². The van der Waals surface area contributed by atoms with Gasteiger partial charge in [-0.2, -0.15) is 0 Å². The molecule has 0 aliphatic heterocycles. The van der Waals surface area contributed by atoms with Crippen molar-refractivity contribution in [3.05, 3.63) is 12.2 Å². The number of methoxy groups -OCH3 is 1. The molecule has 0 aliphatic rings. The van der Waals surface area contributed by atoms with Crippen LogP contribution in [0, 0.1) is 11.8 Å². The lowest BCUT2D eigenvalue weighted by Gasteiger charge is -2.13. The van der Waals surface area contributed by atoms with E-state index in [2.05, 4.69) is 4.74 Å². The minimum Gasteiger partial charge on any atom is -0.466 e. The van der Waals surface area contributed by atoms with Crippen molar-refractivity contribution < 1.29 is 28.7 Å². The lowest BCUT2D eigenvalue weighted by atomic mass is 9.99. The number of rotatable bonds is 10. The molecule has 0 aliphatic carbocycles. The number of nitrogens with two attached hydrogens (primary N) is 1. The van der Waals surface area contributed by atoms with Crippen molar-refractivity contribution >= 4 is 23.5 Å². The second-order valence-electron chi connectivity index (χ2n) is 5.55. The molecule has 0 bridgehead atoms. The average molecular weight is 327 g/mol. The summed E-state index contributed by atoms with van der Waals surface area (Å²) in [5.41, 5.74) is 5.69. The van der Waals surface area contributed by atoms with Crippen LogP contribution in [0.15, 0.2) is 12.2 Å². The summed E-state index contributed by atoms with van der Waals surface area (Å²) in [5.74, 6) is -2.37. The summed E-state index contributed by atoms with van der Waals surface area (Å²) >= 11 is 0. The van der Waals surface area contributed by atoms with Crippen LogP contribution in [0.3, 0.4) is 0 Å². The van der Waals surface area contributed by atoms with E-state index < -0.39 is 23.9 Å². The fourth-order valence-corrected chi connectivity index (χ4v) is 1.60. The lowest BCUT2D eigenvalue weighted by molar-refractivity contribution is -0.146. The first kappa shape index (κ1) is 21.0. The van der Waals surface area contributed by atoms with E-state index in [1.165, 1.54) is 7.11 Å². The van der Waals surface area contributed by atoms with Gasteiger partial charge in [-0.3, -0.25) is 14.4 Å². The van der Waals surface area contributed by atoms with Gasteiger partial charge >= 0.3 is 11.9 Å². The number of allylic oxidation sites excluding steroid dienone is 1. The fraction of sp³-hybridized carbons (Fsp3) is 0.625. The molecule has 2 unspecified atom stereocenters. The zero-order valence-corrected chi connectivity index (χ0v) is 14.0. The zero-order valence-electron chi connectivity index (χ0n) is 14.0. The van der Waals surface area contributed by atoms with E-state index in [-0.39, 0.29) is 36.9 Å². The first-order chi connectivity index (χ1) is 10.7. The summed E-state index contributed by atoms with van der Waals surface area (Å²) in [4.78, 5) is 45.7. The molecule has 0 aromatic rings. The molecule has 0 aromatic carbocycles. The number of Topliss-reactive ketones (excluding diaryl/α,β-unsaturated/α-hetero) is 1. The number of hydrogen-bond acceptors (Lipinski definition) is 7. The quantitative estimate of drug-likeness (QED) is 0.466. The van der Waals surface area contributed by atoms with Crippen LogP contribution in [-0.4, -0.2) is 43.3 Å². The first-order valence-corrected chi connectivity index (χ1v) is 7.43. The topological polar surface area (TPSA) is 113 Å².